The third-order valence-electron chi connectivity index (χ3n) is 3.99. The van der Waals surface area contributed by atoms with E-state index in [-0.39, 0.29) is 5.41 Å². The fraction of sp³-hybridized carbons (Fsp3) is 0.538. The van der Waals surface area contributed by atoms with Gasteiger partial charge in [0.25, 0.3) is 0 Å². The van der Waals surface area contributed by atoms with Crippen molar-refractivity contribution in [3.05, 3.63) is 29.8 Å². The lowest BCUT2D eigenvalue weighted by molar-refractivity contribution is 0.283. The van der Waals surface area contributed by atoms with Crippen molar-refractivity contribution >= 4 is 5.69 Å². The van der Waals surface area contributed by atoms with Crippen molar-refractivity contribution in [2.45, 2.75) is 37.5 Å². The maximum Gasteiger partial charge on any atom is 0.0726 e. The van der Waals surface area contributed by atoms with Gasteiger partial charge in [0.2, 0.25) is 0 Å². The highest BCUT2D eigenvalue weighted by atomic mass is 19.2. The molecule has 1 aromatic carbocycles. The van der Waals surface area contributed by atoms with Gasteiger partial charge in [-0.25, -0.2) is 5.12 Å². The summed E-state index contributed by atoms with van der Waals surface area (Å²) in [6.45, 7) is 0.576. The van der Waals surface area contributed by atoms with Gasteiger partial charge in [0.15, 0.2) is 0 Å². The van der Waals surface area contributed by atoms with E-state index in [2.05, 4.69) is 6.07 Å². The predicted molar refractivity (Wildman–Crippen MR) is 59.7 cm³/mol. The lowest BCUT2D eigenvalue weighted by Gasteiger charge is -2.33. The summed E-state index contributed by atoms with van der Waals surface area (Å²) in [5.74, 6) is 0. The van der Waals surface area contributed by atoms with E-state index in [0.717, 1.165) is 23.7 Å². The number of hydrogen-bond acceptors (Lipinski definition) is 1. The molecule has 1 fully saturated rings. The minimum atomic E-state index is 0.129. The fourth-order valence-electron chi connectivity index (χ4n) is 3.23. The van der Waals surface area contributed by atoms with Gasteiger partial charge in [-0.3, -0.25) is 0 Å². The Labute approximate surface area is 89.8 Å². The van der Waals surface area contributed by atoms with Gasteiger partial charge in [-0.1, -0.05) is 41.9 Å². The smallest absolute Gasteiger partial charge is 0.0726 e. The van der Waals surface area contributed by atoms with E-state index in [0.29, 0.717) is 6.54 Å². The van der Waals surface area contributed by atoms with Crippen molar-refractivity contribution in [3.8, 4) is 0 Å². The molecule has 0 radical (unpaired) electrons. The minimum absolute atomic E-state index is 0.129. The summed E-state index contributed by atoms with van der Waals surface area (Å²) in [7, 11) is 0. The maximum atomic E-state index is 13.8. The molecule has 1 heterocycles. The average Bonchev–Trinajstić information content (AvgIpc) is 2.55. The molecule has 1 aliphatic carbocycles. The van der Waals surface area contributed by atoms with E-state index in [1.165, 1.54) is 24.8 Å². The standard InChI is InChI=1S/C13H16FN/c14-15-10-13(8-4-1-5-9-13)11-6-2-3-7-12(11)15/h2-3,6-7H,1,4-5,8-10H2. The molecular weight excluding hydrogens is 189 g/mol. The van der Waals surface area contributed by atoms with E-state index < -0.39 is 0 Å². The first kappa shape index (κ1) is 9.20. The van der Waals surface area contributed by atoms with Crippen LogP contribution in [0.15, 0.2) is 24.3 Å². The number of hydrogen-bond donors (Lipinski definition) is 0. The van der Waals surface area contributed by atoms with Crippen LogP contribution in [0, 0.1) is 0 Å². The molecule has 0 bridgehead atoms. The first-order chi connectivity index (χ1) is 7.32. The lowest BCUT2D eigenvalue weighted by atomic mass is 9.71. The molecule has 1 spiro atoms. The molecule has 0 unspecified atom stereocenters. The summed E-state index contributed by atoms with van der Waals surface area (Å²) in [5.41, 5.74) is 2.18. The molecule has 0 N–H and O–H groups in total. The highest BCUT2D eigenvalue weighted by molar-refractivity contribution is 5.60. The Morgan fingerprint density at radius 2 is 1.80 bits per heavy atom. The molecule has 0 saturated heterocycles. The Balaban J connectivity index is 2.06. The van der Waals surface area contributed by atoms with Gasteiger partial charge < -0.3 is 0 Å². The van der Waals surface area contributed by atoms with Crippen molar-refractivity contribution in [2.24, 2.45) is 0 Å². The Morgan fingerprint density at radius 1 is 1.07 bits per heavy atom. The average molecular weight is 205 g/mol. The Bertz CT molecular complexity index is 369. The third-order valence-corrected chi connectivity index (χ3v) is 3.99. The molecule has 80 valence electrons. The lowest BCUT2D eigenvalue weighted by Crippen LogP contribution is -2.32. The summed E-state index contributed by atoms with van der Waals surface area (Å²) >= 11 is 0. The van der Waals surface area contributed by atoms with Crippen LogP contribution in [0.1, 0.15) is 37.7 Å². The molecule has 0 amide bonds. The van der Waals surface area contributed by atoms with E-state index >= 15 is 0 Å². The Kier molecular flexibility index (Phi) is 1.98. The predicted octanol–water partition coefficient (Wildman–Crippen LogP) is 3.59. The van der Waals surface area contributed by atoms with Crippen LogP contribution in [0.5, 0.6) is 0 Å². The summed E-state index contributed by atoms with van der Waals surface area (Å²) < 4.78 is 13.8. The highest BCUT2D eigenvalue weighted by Crippen LogP contribution is 2.48. The van der Waals surface area contributed by atoms with Gasteiger partial charge in [-0.2, -0.15) is 0 Å². The number of fused-ring (bicyclic) bond motifs is 2. The number of benzene rings is 1. The number of rotatable bonds is 0. The van der Waals surface area contributed by atoms with Gasteiger partial charge in [0, 0.05) is 5.41 Å². The number of anilines is 1. The van der Waals surface area contributed by atoms with Crippen molar-refractivity contribution in [1.29, 1.82) is 0 Å². The largest absolute Gasteiger partial charge is 0.211 e. The van der Waals surface area contributed by atoms with Gasteiger partial charge in [0.05, 0.1) is 12.2 Å². The normalized spacial score (nSPS) is 23.1. The van der Waals surface area contributed by atoms with E-state index in [1.54, 1.807) is 0 Å². The van der Waals surface area contributed by atoms with E-state index in [4.69, 9.17) is 0 Å². The van der Waals surface area contributed by atoms with Crippen molar-refractivity contribution in [2.75, 3.05) is 11.7 Å². The van der Waals surface area contributed by atoms with Crippen molar-refractivity contribution in [3.63, 3.8) is 0 Å². The fourth-order valence-corrected chi connectivity index (χ4v) is 3.23. The molecule has 2 aliphatic rings. The topological polar surface area (TPSA) is 3.24 Å². The number of nitrogens with zero attached hydrogens (tertiary/aromatic N) is 1. The molecule has 0 aromatic heterocycles. The second-order valence-electron chi connectivity index (χ2n) is 4.88. The molecule has 3 rings (SSSR count). The molecular formula is C13H16FN. The summed E-state index contributed by atoms with van der Waals surface area (Å²) in [6, 6.07) is 7.97. The Morgan fingerprint density at radius 3 is 2.60 bits per heavy atom. The zero-order valence-electron chi connectivity index (χ0n) is 8.88. The van der Waals surface area contributed by atoms with Crippen LogP contribution < -0.4 is 5.12 Å². The summed E-state index contributed by atoms with van der Waals surface area (Å²) in [5, 5.41) is 0.945. The SMILES string of the molecule is FN1CC2(CCCCC2)c2ccccc21. The molecule has 15 heavy (non-hydrogen) atoms. The van der Waals surface area contributed by atoms with Gasteiger partial charge >= 0.3 is 0 Å². The van der Waals surface area contributed by atoms with Crippen LogP contribution in [0.3, 0.4) is 0 Å². The van der Waals surface area contributed by atoms with Crippen molar-refractivity contribution < 1.29 is 4.48 Å². The first-order valence-electron chi connectivity index (χ1n) is 5.85. The van der Waals surface area contributed by atoms with Gasteiger partial charge in [0.1, 0.15) is 0 Å². The molecule has 0 atom stereocenters. The molecule has 2 heteroatoms. The number of para-hydroxylation sites is 1. The second-order valence-corrected chi connectivity index (χ2v) is 4.88. The molecule has 1 saturated carbocycles. The van der Waals surface area contributed by atoms with E-state index in [9.17, 15) is 4.48 Å². The zero-order chi connectivity index (χ0) is 10.3. The third kappa shape index (κ3) is 1.27. The van der Waals surface area contributed by atoms with Crippen LogP contribution in [-0.4, -0.2) is 6.54 Å². The first-order valence-corrected chi connectivity index (χ1v) is 5.85. The van der Waals surface area contributed by atoms with Crippen LogP contribution in [-0.2, 0) is 5.41 Å². The highest BCUT2D eigenvalue weighted by Gasteiger charge is 2.43. The quantitative estimate of drug-likeness (QED) is 0.585. The zero-order valence-corrected chi connectivity index (χ0v) is 8.88. The minimum Gasteiger partial charge on any atom is -0.211 e. The van der Waals surface area contributed by atoms with Crippen LogP contribution >= 0.6 is 0 Å². The summed E-state index contributed by atoms with van der Waals surface area (Å²) in [6.07, 6.45) is 6.13. The Hall–Kier alpha value is -1.05. The monoisotopic (exact) mass is 205 g/mol. The van der Waals surface area contributed by atoms with Crippen LogP contribution in [0.4, 0.5) is 10.2 Å². The molecule has 1 nitrogen and oxygen atoms in total. The van der Waals surface area contributed by atoms with Gasteiger partial charge in [-0.15, -0.1) is 0 Å². The second kappa shape index (κ2) is 3.22. The van der Waals surface area contributed by atoms with Crippen LogP contribution in [0.25, 0.3) is 0 Å². The number of halogens is 1. The van der Waals surface area contributed by atoms with Crippen LogP contribution in [0.2, 0.25) is 0 Å². The van der Waals surface area contributed by atoms with Gasteiger partial charge in [-0.05, 0) is 24.5 Å². The maximum absolute atomic E-state index is 13.8. The summed E-state index contributed by atoms with van der Waals surface area (Å²) in [4.78, 5) is 0. The molecule has 1 aromatic rings. The molecule has 1 aliphatic heterocycles. The van der Waals surface area contributed by atoms with Crippen molar-refractivity contribution in [1.82, 2.24) is 0 Å². The van der Waals surface area contributed by atoms with E-state index in [1.807, 2.05) is 18.2 Å².